The van der Waals surface area contributed by atoms with Gasteiger partial charge < -0.3 is 14.3 Å². The highest BCUT2D eigenvalue weighted by Crippen LogP contribution is 2.24. The minimum atomic E-state index is -1.06. The van der Waals surface area contributed by atoms with Gasteiger partial charge in [-0.3, -0.25) is 0 Å². The van der Waals surface area contributed by atoms with E-state index in [1.165, 1.54) is 5.56 Å². The molecule has 0 radical (unpaired) electrons. The molecule has 0 amide bonds. The van der Waals surface area contributed by atoms with Crippen molar-refractivity contribution < 1.29 is 19.1 Å². The minimum Gasteiger partial charge on any atom is -0.486 e. The smallest absolute Gasteiger partial charge is 0.372 e. The van der Waals surface area contributed by atoms with Crippen LogP contribution in [0.25, 0.3) is 0 Å². The van der Waals surface area contributed by atoms with Crippen LogP contribution in [0.15, 0.2) is 28.7 Å². The lowest BCUT2D eigenvalue weighted by Gasteiger charge is -2.11. The van der Waals surface area contributed by atoms with E-state index in [9.17, 15) is 4.79 Å². The van der Waals surface area contributed by atoms with E-state index in [0.717, 1.165) is 11.3 Å². The van der Waals surface area contributed by atoms with Crippen LogP contribution in [0.4, 0.5) is 0 Å². The van der Waals surface area contributed by atoms with Gasteiger partial charge in [-0.15, -0.1) is 0 Å². The third-order valence-corrected chi connectivity index (χ3v) is 3.28. The zero-order chi connectivity index (χ0) is 15.6. The van der Waals surface area contributed by atoms with Crippen molar-refractivity contribution in [1.82, 2.24) is 0 Å². The zero-order valence-electron chi connectivity index (χ0n) is 12.8. The van der Waals surface area contributed by atoms with Crippen molar-refractivity contribution in [2.45, 2.75) is 40.2 Å². The fourth-order valence-corrected chi connectivity index (χ4v) is 2.18. The molecule has 0 atom stereocenters. The Morgan fingerprint density at radius 3 is 2.52 bits per heavy atom. The van der Waals surface area contributed by atoms with Crippen molar-refractivity contribution in [3.8, 4) is 5.75 Å². The Balaban J connectivity index is 2.13. The summed E-state index contributed by atoms with van der Waals surface area (Å²) in [5.74, 6) is 0.621. The van der Waals surface area contributed by atoms with Gasteiger partial charge in [0.2, 0.25) is 5.76 Å². The van der Waals surface area contributed by atoms with E-state index in [4.69, 9.17) is 14.3 Å². The number of hydrogen-bond donors (Lipinski definition) is 1. The largest absolute Gasteiger partial charge is 0.486 e. The molecule has 1 N–H and O–H groups in total. The average Bonchev–Trinajstić information content (AvgIpc) is 2.77. The van der Waals surface area contributed by atoms with Gasteiger partial charge in [-0.05, 0) is 49.1 Å². The number of aromatic carboxylic acids is 1. The fraction of sp³-hybridized carbons (Fsp3) is 0.353. The van der Waals surface area contributed by atoms with Gasteiger partial charge in [0.25, 0.3) is 0 Å². The molecule has 0 aliphatic heterocycles. The number of furan rings is 1. The summed E-state index contributed by atoms with van der Waals surface area (Å²) >= 11 is 0. The van der Waals surface area contributed by atoms with Gasteiger partial charge >= 0.3 is 5.97 Å². The third-order valence-electron chi connectivity index (χ3n) is 3.28. The zero-order valence-corrected chi connectivity index (χ0v) is 12.8. The van der Waals surface area contributed by atoms with Crippen LogP contribution in [-0.2, 0) is 6.61 Å². The second-order valence-electron chi connectivity index (χ2n) is 5.55. The average molecular weight is 288 g/mol. The Bertz CT molecular complexity index is 653. The second-order valence-corrected chi connectivity index (χ2v) is 5.55. The molecule has 0 bridgehead atoms. The number of ether oxygens (including phenoxy) is 1. The number of hydrogen-bond acceptors (Lipinski definition) is 3. The van der Waals surface area contributed by atoms with E-state index in [1.807, 2.05) is 19.1 Å². The maximum atomic E-state index is 10.9. The lowest BCUT2D eigenvalue weighted by atomic mass is 10.0. The summed E-state index contributed by atoms with van der Waals surface area (Å²) in [6.07, 6.45) is 0. The number of rotatable bonds is 5. The summed E-state index contributed by atoms with van der Waals surface area (Å²) in [6, 6.07) is 7.80. The van der Waals surface area contributed by atoms with Crippen LogP contribution in [0, 0.1) is 13.8 Å². The molecule has 0 unspecified atom stereocenters. The van der Waals surface area contributed by atoms with E-state index in [0.29, 0.717) is 17.2 Å². The standard InChI is InChI=1S/C17H20O4/c1-10(2)13-5-11(3)6-14(8-13)20-9-15-7-12(4)16(21-15)17(18)19/h5-8,10H,9H2,1-4H3,(H,18,19). The molecule has 0 saturated heterocycles. The summed E-state index contributed by atoms with van der Waals surface area (Å²) in [7, 11) is 0. The van der Waals surface area contributed by atoms with Crippen molar-refractivity contribution >= 4 is 5.97 Å². The van der Waals surface area contributed by atoms with E-state index in [1.54, 1.807) is 13.0 Å². The van der Waals surface area contributed by atoms with E-state index >= 15 is 0 Å². The van der Waals surface area contributed by atoms with Crippen LogP contribution >= 0.6 is 0 Å². The maximum absolute atomic E-state index is 10.9. The summed E-state index contributed by atoms with van der Waals surface area (Å²) in [6.45, 7) is 8.22. The predicted molar refractivity (Wildman–Crippen MR) is 80.0 cm³/mol. The Morgan fingerprint density at radius 1 is 1.24 bits per heavy atom. The van der Waals surface area contributed by atoms with Crippen molar-refractivity contribution in [2.24, 2.45) is 0 Å². The summed E-state index contributed by atoms with van der Waals surface area (Å²) in [5.41, 5.74) is 2.96. The highest BCUT2D eigenvalue weighted by molar-refractivity contribution is 5.86. The van der Waals surface area contributed by atoms with Crippen molar-refractivity contribution in [1.29, 1.82) is 0 Å². The monoisotopic (exact) mass is 288 g/mol. The molecule has 112 valence electrons. The molecule has 0 aliphatic rings. The number of carbonyl (C=O) groups is 1. The molecule has 0 spiro atoms. The van der Waals surface area contributed by atoms with Gasteiger partial charge in [0.05, 0.1) is 0 Å². The van der Waals surface area contributed by atoms with Gasteiger partial charge in [0, 0.05) is 5.56 Å². The van der Waals surface area contributed by atoms with Crippen LogP contribution < -0.4 is 4.74 Å². The Morgan fingerprint density at radius 2 is 1.95 bits per heavy atom. The lowest BCUT2D eigenvalue weighted by molar-refractivity contribution is 0.0657. The number of carboxylic acids is 1. The molecule has 4 nitrogen and oxygen atoms in total. The van der Waals surface area contributed by atoms with Crippen LogP contribution in [0.5, 0.6) is 5.75 Å². The molecule has 0 aliphatic carbocycles. The molecule has 1 aromatic carbocycles. The first-order valence-corrected chi connectivity index (χ1v) is 6.94. The first-order valence-electron chi connectivity index (χ1n) is 6.94. The van der Waals surface area contributed by atoms with Crippen molar-refractivity contribution in [2.75, 3.05) is 0 Å². The molecule has 1 heterocycles. The van der Waals surface area contributed by atoms with Crippen LogP contribution in [0.3, 0.4) is 0 Å². The highest BCUT2D eigenvalue weighted by Gasteiger charge is 2.14. The molecule has 0 fully saturated rings. The predicted octanol–water partition coefficient (Wildman–Crippen LogP) is 4.30. The molecular formula is C17H20O4. The van der Waals surface area contributed by atoms with Gasteiger partial charge in [-0.1, -0.05) is 19.9 Å². The molecule has 1 aromatic heterocycles. The third kappa shape index (κ3) is 3.66. The second kappa shape index (κ2) is 6.04. The number of carboxylic acid groups (broad SMARTS) is 1. The number of aryl methyl sites for hydroxylation is 2. The van der Waals surface area contributed by atoms with Crippen LogP contribution in [0.1, 0.15) is 52.8 Å². The number of benzene rings is 1. The Labute approximate surface area is 124 Å². The first-order chi connectivity index (χ1) is 9.86. The van der Waals surface area contributed by atoms with Gasteiger partial charge in [-0.25, -0.2) is 4.79 Å². The van der Waals surface area contributed by atoms with E-state index in [2.05, 4.69) is 19.9 Å². The quantitative estimate of drug-likeness (QED) is 0.891. The summed E-state index contributed by atoms with van der Waals surface area (Å²) in [4.78, 5) is 10.9. The fourth-order valence-electron chi connectivity index (χ4n) is 2.18. The van der Waals surface area contributed by atoms with E-state index < -0.39 is 5.97 Å². The molecule has 4 heteroatoms. The molecule has 0 saturated carbocycles. The molecule has 21 heavy (non-hydrogen) atoms. The van der Waals surface area contributed by atoms with Crippen LogP contribution in [-0.4, -0.2) is 11.1 Å². The van der Waals surface area contributed by atoms with Gasteiger partial charge in [0.15, 0.2) is 0 Å². The molecule has 2 rings (SSSR count). The Hall–Kier alpha value is -2.23. The molecular weight excluding hydrogens is 268 g/mol. The van der Waals surface area contributed by atoms with Crippen molar-refractivity contribution in [3.05, 3.63) is 52.5 Å². The first kappa shape index (κ1) is 15.2. The molecule has 2 aromatic rings. The topological polar surface area (TPSA) is 59.7 Å². The van der Waals surface area contributed by atoms with Crippen LogP contribution in [0.2, 0.25) is 0 Å². The summed E-state index contributed by atoms with van der Waals surface area (Å²) in [5, 5.41) is 8.96. The Kier molecular flexibility index (Phi) is 4.36. The van der Waals surface area contributed by atoms with Gasteiger partial charge in [-0.2, -0.15) is 0 Å². The van der Waals surface area contributed by atoms with Crippen molar-refractivity contribution in [3.63, 3.8) is 0 Å². The minimum absolute atomic E-state index is 0.0271. The normalized spacial score (nSPS) is 10.9. The van der Waals surface area contributed by atoms with E-state index in [-0.39, 0.29) is 12.4 Å². The highest BCUT2D eigenvalue weighted by atomic mass is 16.5. The lowest BCUT2D eigenvalue weighted by Crippen LogP contribution is -1.97. The maximum Gasteiger partial charge on any atom is 0.372 e. The van der Waals surface area contributed by atoms with Gasteiger partial charge in [0.1, 0.15) is 18.1 Å². The summed E-state index contributed by atoms with van der Waals surface area (Å²) < 4.78 is 11.0. The SMILES string of the molecule is Cc1cc(OCc2cc(C)c(C(=O)O)o2)cc(C(C)C)c1.